The van der Waals surface area contributed by atoms with E-state index in [2.05, 4.69) is 5.32 Å². The van der Waals surface area contributed by atoms with Crippen LogP contribution in [-0.2, 0) is 14.4 Å². The van der Waals surface area contributed by atoms with Crippen LogP contribution in [0.15, 0.2) is 66.7 Å². The molecule has 2 aliphatic rings. The van der Waals surface area contributed by atoms with Gasteiger partial charge in [-0.15, -0.1) is 0 Å². The Hall–Kier alpha value is -3.67. The number of hydrogen-bond donors (Lipinski definition) is 1. The summed E-state index contributed by atoms with van der Waals surface area (Å²) in [5.41, 5.74) is 2.16. The van der Waals surface area contributed by atoms with Crippen molar-refractivity contribution >= 4 is 45.6 Å². The summed E-state index contributed by atoms with van der Waals surface area (Å²) in [6.07, 6.45) is 1.51. The molecular weight excluding hydrogens is 390 g/mol. The predicted molar refractivity (Wildman–Crippen MR) is 121 cm³/mol. The van der Waals surface area contributed by atoms with Gasteiger partial charge >= 0.3 is 0 Å². The van der Waals surface area contributed by atoms with Gasteiger partial charge in [-0.25, -0.2) is 0 Å². The molecule has 156 valence electrons. The Morgan fingerprint density at radius 2 is 1.58 bits per heavy atom. The molecule has 31 heavy (non-hydrogen) atoms. The summed E-state index contributed by atoms with van der Waals surface area (Å²) in [5, 5.41) is 5.03. The fourth-order valence-corrected chi connectivity index (χ4v) is 4.51. The van der Waals surface area contributed by atoms with Gasteiger partial charge in [-0.2, -0.15) is 0 Å². The van der Waals surface area contributed by atoms with E-state index in [-0.39, 0.29) is 24.1 Å². The average Bonchev–Trinajstić information content (AvgIpc) is 3.39. The van der Waals surface area contributed by atoms with E-state index in [1.54, 1.807) is 15.9 Å². The number of rotatable bonds is 4. The van der Waals surface area contributed by atoms with E-state index in [9.17, 15) is 14.4 Å². The number of nitrogens with one attached hydrogen (secondary N) is 1. The summed E-state index contributed by atoms with van der Waals surface area (Å²) in [6.45, 7) is 0.992. The van der Waals surface area contributed by atoms with Crippen LogP contribution in [-0.4, -0.2) is 30.8 Å². The van der Waals surface area contributed by atoms with Gasteiger partial charge in [0.25, 0.3) is 0 Å². The first-order valence-electron chi connectivity index (χ1n) is 10.6. The minimum atomic E-state index is -0.450. The lowest BCUT2D eigenvalue weighted by Gasteiger charge is -2.21. The second kappa shape index (κ2) is 7.87. The number of fused-ring (bicyclic) bond motifs is 1. The van der Waals surface area contributed by atoms with Gasteiger partial charge in [-0.3, -0.25) is 14.4 Å². The van der Waals surface area contributed by atoms with E-state index < -0.39 is 5.92 Å². The first-order chi connectivity index (χ1) is 15.1. The Labute approximate surface area is 180 Å². The van der Waals surface area contributed by atoms with Crippen LogP contribution < -0.4 is 15.1 Å². The molecule has 3 aromatic carbocycles. The van der Waals surface area contributed by atoms with Crippen LogP contribution in [0.25, 0.3) is 10.8 Å². The zero-order valence-corrected chi connectivity index (χ0v) is 17.1. The summed E-state index contributed by atoms with van der Waals surface area (Å²) < 4.78 is 0. The van der Waals surface area contributed by atoms with E-state index in [1.165, 1.54) is 0 Å². The molecule has 0 unspecified atom stereocenters. The molecule has 0 radical (unpaired) electrons. The number of carbonyl (C=O) groups is 3. The van der Waals surface area contributed by atoms with Crippen molar-refractivity contribution in [2.75, 3.05) is 28.2 Å². The third kappa shape index (κ3) is 3.54. The van der Waals surface area contributed by atoms with E-state index in [4.69, 9.17) is 0 Å². The Bertz CT molecular complexity index is 1180. The fourth-order valence-electron chi connectivity index (χ4n) is 4.51. The molecule has 1 N–H and O–H groups in total. The van der Waals surface area contributed by atoms with Crippen molar-refractivity contribution in [2.24, 2.45) is 5.92 Å². The highest BCUT2D eigenvalue weighted by atomic mass is 16.2. The average molecular weight is 413 g/mol. The molecule has 5 rings (SSSR count). The van der Waals surface area contributed by atoms with Crippen LogP contribution in [0, 0.1) is 5.92 Å². The highest BCUT2D eigenvalue weighted by molar-refractivity contribution is 6.09. The molecule has 0 aromatic heterocycles. The number of anilines is 3. The van der Waals surface area contributed by atoms with Gasteiger partial charge < -0.3 is 15.1 Å². The summed E-state index contributed by atoms with van der Waals surface area (Å²) in [6, 6.07) is 21.1. The fraction of sp³-hybridized carbons (Fsp3) is 0.240. The van der Waals surface area contributed by atoms with Crippen LogP contribution in [0.4, 0.5) is 17.1 Å². The van der Waals surface area contributed by atoms with E-state index in [0.29, 0.717) is 30.9 Å². The summed E-state index contributed by atoms with van der Waals surface area (Å²) >= 11 is 0. The van der Waals surface area contributed by atoms with Gasteiger partial charge in [0.1, 0.15) is 0 Å². The molecular formula is C25H23N3O3. The molecule has 0 bridgehead atoms. The topological polar surface area (TPSA) is 69.7 Å². The van der Waals surface area contributed by atoms with Crippen LogP contribution in [0.5, 0.6) is 0 Å². The first kappa shape index (κ1) is 19.3. The van der Waals surface area contributed by atoms with E-state index in [1.807, 2.05) is 60.7 Å². The summed E-state index contributed by atoms with van der Waals surface area (Å²) in [7, 11) is 0. The summed E-state index contributed by atoms with van der Waals surface area (Å²) in [5.74, 6) is -0.636. The van der Waals surface area contributed by atoms with Gasteiger partial charge in [-0.1, -0.05) is 48.5 Å². The lowest BCUT2D eigenvalue weighted by molar-refractivity contribution is -0.122. The highest BCUT2D eigenvalue weighted by Gasteiger charge is 2.36. The highest BCUT2D eigenvalue weighted by Crippen LogP contribution is 2.33. The first-order valence-corrected chi connectivity index (χ1v) is 10.6. The largest absolute Gasteiger partial charge is 0.324 e. The Balaban J connectivity index is 1.36. The van der Waals surface area contributed by atoms with Crippen molar-refractivity contribution in [1.82, 2.24) is 0 Å². The molecule has 2 heterocycles. The van der Waals surface area contributed by atoms with Crippen molar-refractivity contribution in [3.8, 4) is 0 Å². The molecule has 6 nitrogen and oxygen atoms in total. The monoisotopic (exact) mass is 413 g/mol. The van der Waals surface area contributed by atoms with Gasteiger partial charge in [0.05, 0.1) is 23.0 Å². The van der Waals surface area contributed by atoms with Gasteiger partial charge in [0.15, 0.2) is 0 Å². The Kier molecular flexibility index (Phi) is 4.90. The zero-order chi connectivity index (χ0) is 21.4. The Morgan fingerprint density at radius 3 is 2.42 bits per heavy atom. The maximum atomic E-state index is 13.1. The molecule has 2 fully saturated rings. The molecule has 2 saturated heterocycles. The molecule has 0 saturated carbocycles. The van der Waals surface area contributed by atoms with Crippen LogP contribution in [0.1, 0.15) is 19.3 Å². The minimum Gasteiger partial charge on any atom is -0.324 e. The van der Waals surface area contributed by atoms with Crippen LogP contribution >= 0.6 is 0 Å². The second-order valence-corrected chi connectivity index (χ2v) is 8.06. The van der Waals surface area contributed by atoms with Gasteiger partial charge in [0.2, 0.25) is 17.7 Å². The SMILES string of the molecule is O=C(Nc1ccccc1N1CCCC1=O)[C@@H]1CC(=O)N(c2cccc3ccccc23)C1. The molecule has 6 heteroatoms. The molecule has 3 amide bonds. The second-order valence-electron chi connectivity index (χ2n) is 8.06. The molecule has 3 aromatic rings. The molecule has 2 aliphatic heterocycles. The Morgan fingerprint density at radius 1 is 0.839 bits per heavy atom. The lowest BCUT2D eigenvalue weighted by Crippen LogP contribution is -2.29. The smallest absolute Gasteiger partial charge is 0.229 e. The number of para-hydroxylation sites is 2. The van der Waals surface area contributed by atoms with Crippen molar-refractivity contribution in [3.05, 3.63) is 66.7 Å². The number of nitrogens with zero attached hydrogens (tertiary/aromatic N) is 2. The van der Waals surface area contributed by atoms with Crippen molar-refractivity contribution in [3.63, 3.8) is 0 Å². The van der Waals surface area contributed by atoms with E-state index in [0.717, 1.165) is 22.9 Å². The van der Waals surface area contributed by atoms with Crippen molar-refractivity contribution < 1.29 is 14.4 Å². The minimum absolute atomic E-state index is 0.0560. The predicted octanol–water partition coefficient (Wildman–Crippen LogP) is 3.96. The zero-order valence-electron chi connectivity index (χ0n) is 17.1. The van der Waals surface area contributed by atoms with E-state index >= 15 is 0 Å². The third-order valence-electron chi connectivity index (χ3n) is 6.08. The van der Waals surface area contributed by atoms with Crippen LogP contribution in [0.3, 0.4) is 0 Å². The standard InChI is InChI=1S/C25H23N3O3/c29-23-13-6-14-27(23)22-11-4-3-10-20(22)26-25(31)18-15-24(30)28(16-18)21-12-5-8-17-7-1-2-9-19(17)21/h1-5,7-12,18H,6,13-16H2,(H,26,31)/t18-/m1/s1. The maximum Gasteiger partial charge on any atom is 0.229 e. The van der Waals surface area contributed by atoms with Crippen molar-refractivity contribution in [1.29, 1.82) is 0 Å². The molecule has 0 aliphatic carbocycles. The number of benzene rings is 3. The maximum absolute atomic E-state index is 13.1. The van der Waals surface area contributed by atoms with Crippen molar-refractivity contribution in [2.45, 2.75) is 19.3 Å². The normalized spacial score (nSPS) is 18.8. The molecule has 1 atom stereocenters. The number of carbonyl (C=O) groups excluding carboxylic acids is 3. The third-order valence-corrected chi connectivity index (χ3v) is 6.08. The number of amides is 3. The van der Waals surface area contributed by atoms with Crippen LogP contribution in [0.2, 0.25) is 0 Å². The number of hydrogen-bond acceptors (Lipinski definition) is 3. The van der Waals surface area contributed by atoms with Gasteiger partial charge in [0, 0.05) is 31.3 Å². The lowest BCUT2D eigenvalue weighted by atomic mass is 10.1. The quantitative estimate of drug-likeness (QED) is 0.704. The summed E-state index contributed by atoms with van der Waals surface area (Å²) in [4.78, 5) is 41.5. The van der Waals surface area contributed by atoms with Gasteiger partial charge in [-0.05, 0) is 30.0 Å². The molecule has 0 spiro atoms.